The summed E-state index contributed by atoms with van der Waals surface area (Å²) in [6.07, 6.45) is 6.99. The topological polar surface area (TPSA) is 82.3 Å². The molecule has 0 bridgehead atoms. The molecule has 0 saturated heterocycles. The van der Waals surface area contributed by atoms with Crippen LogP contribution in [-0.2, 0) is 6.54 Å². The molecule has 3 aromatic rings. The Morgan fingerprint density at radius 1 is 1.12 bits per heavy atom. The maximum Gasteiger partial charge on any atom is 0.162 e. The van der Waals surface area contributed by atoms with Gasteiger partial charge in [-0.2, -0.15) is 0 Å². The lowest BCUT2D eigenvalue weighted by molar-refractivity contribution is 0.356. The molecule has 126 valence electrons. The molecule has 1 heterocycles. The quantitative estimate of drug-likeness (QED) is 0.698. The molecule has 6 nitrogen and oxygen atoms in total. The summed E-state index contributed by atoms with van der Waals surface area (Å²) < 4.78 is 10.7. The number of nitrogens with one attached hydrogen (secondary N) is 1. The van der Waals surface area contributed by atoms with E-state index in [0.717, 1.165) is 27.7 Å². The third-order valence-corrected chi connectivity index (χ3v) is 3.89. The van der Waals surface area contributed by atoms with Gasteiger partial charge < -0.3 is 20.5 Å². The predicted molar refractivity (Wildman–Crippen MR) is 98.2 cm³/mol. The van der Waals surface area contributed by atoms with E-state index in [1.165, 1.54) is 6.33 Å². The zero-order valence-electron chi connectivity index (χ0n) is 14.0. The summed E-state index contributed by atoms with van der Waals surface area (Å²) in [5.74, 6) is 4.47. The second-order valence-corrected chi connectivity index (χ2v) is 5.29. The van der Waals surface area contributed by atoms with E-state index in [4.69, 9.17) is 21.6 Å². The van der Waals surface area contributed by atoms with E-state index in [0.29, 0.717) is 23.9 Å². The Balaban J connectivity index is 2.12. The molecule has 0 aliphatic rings. The number of nitrogens with zero attached hydrogens (tertiary/aromatic N) is 2. The number of ether oxygens (including phenoxy) is 2. The molecule has 0 amide bonds. The zero-order valence-corrected chi connectivity index (χ0v) is 14.0. The van der Waals surface area contributed by atoms with E-state index in [1.54, 1.807) is 14.2 Å². The number of nitrogens with two attached hydrogens (primary N) is 1. The van der Waals surface area contributed by atoms with Gasteiger partial charge in [0.15, 0.2) is 11.5 Å². The number of aromatic nitrogens is 2. The van der Waals surface area contributed by atoms with E-state index >= 15 is 0 Å². The Labute approximate surface area is 146 Å². The second-order valence-electron chi connectivity index (χ2n) is 5.29. The van der Waals surface area contributed by atoms with Gasteiger partial charge >= 0.3 is 0 Å². The van der Waals surface area contributed by atoms with Crippen molar-refractivity contribution in [2.75, 3.05) is 19.5 Å². The van der Waals surface area contributed by atoms with Crippen LogP contribution < -0.4 is 20.5 Å². The summed E-state index contributed by atoms with van der Waals surface area (Å²) in [6.45, 7) is 0.382. The predicted octanol–water partition coefficient (Wildman–Crippen LogP) is 2.83. The summed E-state index contributed by atoms with van der Waals surface area (Å²) >= 11 is 0. The average molecular weight is 334 g/mol. The van der Waals surface area contributed by atoms with Crippen molar-refractivity contribution in [3.63, 3.8) is 0 Å². The van der Waals surface area contributed by atoms with Gasteiger partial charge in [0.05, 0.1) is 19.7 Å². The molecule has 0 aliphatic carbocycles. The van der Waals surface area contributed by atoms with Crippen molar-refractivity contribution in [3.8, 4) is 23.8 Å². The van der Waals surface area contributed by atoms with Crippen molar-refractivity contribution in [2.45, 2.75) is 6.54 Å². The molecule has 6 heteroatoms. The molecule has 0 saturated carbocycles. The lowest BCUT2D eigenvalue weighted by Gasteiger charge is -2.14. The van der Waals surface area contributed by atoms with E-state index in [-0.39, 0.29) is 0 Å². The Kier molecular flexibility index (Phi) is 4.68. The number of fused-ring (bicyclic) bond motifs is 1. The summed E-state index contributed by atoms with van der Waals surface area (Å²) in [4.78, 5) is 8.65. The van der Waals surface area contributed by atoms with Crippen LogP contribution in [-0.4, -0.2) is 24.2 Å². The first-order valence-electron chi connectivity index (χ1n) is 7.63. The van der Waals surface area contributed by atoms with Gasteiger partial charge in [-0.3, -0.25) is 0 Å². The number of anilines is 2. The van der Waals surface area contributed by atoms with Crippen molar-refractivity contribution < 1.29 is 9.47 Å². The van der Waals surface area contributed by atoms with Gasteiger partial charge in [-0.05, 0) is 23.8 Å². The summed E-state index contributed by atoms with van der Waals surface area (Å²) in [5.41, 5.74) is 9.08. The third kappa shape index (κ3) is 3.18. The molecule has 1 aromatic heterocycles. The molecule has 25 heavy (non-hydrogen) atoms. The molecule has 0 aliphatic heterocycles. The zero-order chi connectivity index (χ0) is 17.8. The molecule has 2 aromatic carbocycles. The van der Waals surface area contributed by atoms with Crippen LogP contribution >= 0.6 is 0 Å². The Morgan fingerprint density at radius 3 is 2.56 bits per heavy atom. The number of hydrogen-bond acceptors (Lipinski definition) is 6. The standard InChI is InChI=1S/C19H18N4O2/c1-4-12-5-6-13(10-20)15(7-12)23-19-14-8-17(24-2)18(25-3)9-16(14)21-11-22-19/h1,5-9,11H,10,20H2,2-3H3,(H,21,22,23). The SMILES string of the molecule is C#Cc1ccc(CN)c(Nc2ncnc3cc(OC)c(OC)cc23)c1. The largest absolute Gasteiger partial charge is 0.493 e. The molecule has 3 rings (SSSR count). The van der Waals surface area contributed by atoms with Crippen LogP contribution in [0, 0.1) is 12.3 Å². The first kappa shape index (κ1) is 16.6. The van der Waals surface area contributed by atoms with Crippen LogP contribution in [0.25, 0.3) is 10.9 Å². The number of benzene rings is 2. The highest BCUT2D eigenvalue weighted by Gasteiger charge is 2.12. The Hall–Kier alpha value is -3.30. The highest BCUT2D eigenvalue weighted by molar-refractivity contribution is 5.93. The normalized spacial score (nSPS) is 10.3. The van der Waals surface area contributed by atoms with Gasteiger partial charge in [0.2, 0.25) is 0 Å². The van der Waals surface area contributed by atoms with Crippen LogP contribution in [0.2, 0.25) is 0 Å². The van der Waals surface area contributed by atoms with Crippen LogP contribution in [0.4, 0.5) is 11.5 Å². The number of hydrogen-bond donors (Lipinski definition) is 2. The van der Waals surface area contributed by atoms with Crippen LogP contribution in [0.3, 0.4) is 0 Å². The molecule has 0 atom stereocenters. The number of terminal acetylenes is 1. The fraction of sp³-hybridized carbons (Fsp3) is 0.158. The number of rotatable bonds is 5. The van der Waals surface area contributed by atoms with Crippen LogP contribution in [0.15, 0.2) is 36.7 Å². The fourth-order valence-corrected chi connectivity index (χ4v) is 2.57. The molecule has 0 spiro atoms. The van der Waals surface area contributed by atoms with Gasteiger partial charge in [0.25, 0.3) is 0 Å². The smallest absolute Gasteiger partial charge is 0.162 e. The van der Waals surface area contributed by atoms with E-state index in [1.807, 2.05) is 30.3 Å². The summed E-state index contributed by atoms with van der Waals surface area (Å²) in [5, 5.41) is 4.11. The van der Waals surface area contributed by atoms with Gasteiger partial charge in [-0.1, -0.05) is 12.0 Å². The maximum absolute atomic E-state index is 5.83. The Morgan fingerprint density at radius 2 is 1.88 bits per heavy atom. The fourth-order valence-electron chi connectivity index (χ4n) is 2.57. The first-order valence-corrected chi connectivity index (χ1v) is 7.63. The van der Waals surface area contributed by atoms with E-state index < -0.39 is 0 Å². The lowest BCUT2D eigenvalue weighted by Crippen LogP contribution is -2.04. The van der Waals surface area contributed by atoms with Crippen molar-refractivity contribution >= 4 is 22.4 Å². The molecule has 0 radical (unpaired) electrons. The maximum atomic E-state index is 5.83. The van der Waals surface area contributed by atoms with Gasteiger partial charge in [0.1, 0.15) is 12.1 Å². The van der Waals surface area contributed by atoms with Gasteiger partial charge in [-0.25, -0.2) is 9.97 Å². The second kappa shape index (κ2) is 7.07. The highest BCUT2D eigenvalue weighted by Crippen LogP contribution is 2.34. The highest BCUT2D eigenvalue weighted by atomic mass is 16.5. The molecule has 0 unspecified atom stereocenters. The van der Waals surface area contributed by atoms with Gasteiger partial charge in [-0.15, -0.1) is 6.42 Å². The van der Waals surface area contributed by atoms with E-state index in [2.05, 4.69) is 21.2 Å². The first-order chi connectivity index (χ1) is 12.2. The van der Waals surface area contributed by atoms with E-state index in [9.17, 15) is 0 Å². The summed E-state index contributed by atoms with van der Waals surface area (Å²) in [7, 11) is 3.17. The molecular weight excluding hydrogens is 316 g/mol. The van der Waals surface area contributed by atoms with Crippen molar-refractivity contribution in [1.29, 1.82) is 0 Å². The number of methoxy groups -OCH3 is 2. The third-order valence-electron chi connectivity index (χ3n) is 3.89. The molecule has 0 fully saturated rings. The lowest BCUT2D eigenvalue weighted by atomic mass is 10.1. The Bertz CT molecular complexity index is 964. The van der Waals surface area contributed by atoms with Crippen LogP contribution in [0.1, 0.15) is 11.1 Å². The van der Waals surface area contributed by atoms with Crippen molar-refractivity contribution in [1.82, 2.24) is 9.97 Å². The summed E-state index contributed by atoms with van der Waals surface area (Å²) in [6, 6.07) is 9.28. The van der Waals surface area contributed by atoms with Crippen molar-refractivity contribution in [3.05, 3.63) is 47.8 Å². The minimum atomic E-state index is 0.382. The van der Waals surface area contributed by atoms with Gasteiger partial charge in [0, 0.05) is 29.2 Å². The monoisotopic (exact) mass is 334 g/mol. The minimum Gasteiger partial charge on any atom is -0.493 e. The van der Waals surface area contributed by atoms with Crippen LogP contribution in [0.5, 0.6) is 11.5 Å². The average Bonchev–Trinajstić information content (AvgIpc) is 2.67. The molecular formula is C19H18N4O2. The molecule has 3 N–H and O–H groups in total. The minimum absolute atomic E-state index is 0.382. The van der Waals surface area contributed by atoms with Crippen molar-refractivity contribution in [2.24, 2.45) is 5.73 Å².